The smallest absolute Gasteiger partial charge is 0.425 e. The molecular weight excluding hydrogens is 234 g/mol. The van der Waals surface area contributed by atoms with Gasteiger partial charge in [-0.05, 0) is 6.92 Å². The zero-order valence-corrected chi connectivity index (χ0v) is 8.45. The highest BCUT2D eigenvalue weighted by atomic mass is 32.2. The Bertz CT molecular complexity index is 381. The van der Waals surface area contributed by atoms with Crippen LogP contribution in [0.15, 0.2) is 12.3 Å². The van der Waals surface area contributed by atoms with Crippen molar-refractivity contribution in [1.82, 2.24) is 9.78 Å². The van der Waals surface area contributed by atoms with Crippen LogP contribution < -0.4 is 4.74 Å². The molecule has 0 spiro atoms. The van der Waals surface area contributed by atoms with Crippen LogP contribution in [0.25, 0.3) is 0 Å². The molecule has 1 rings (SSSR count). The molecule has 0 bridgehead atoms. The highest BCUT2D eigenvalue weighted by Gasteiger charge is 2.06. The van der Waals surface area contributed by atoms with Crippen LogP contribution in [-0.2, 0) is 10.6 Å². The van der Waals surface area contributed by atoms with Crippen LogP contribution >= 0.6 is 0 Å². The third-order valence-corrected chi connectivity index (χ3v) is 1.08. The molecule has 0 saturated heterocycles. The van der Waals surface area contributed by atoms with E-state index in [2.05, 4.69) is 5.10 Å². The molecule has 15 heavy (non-hydrogen) atoms. The van der Waals surface area contributed by atoms with Crippen molar-refractivity contribution in [3.8, 4) is 5.88 Å². The van der Waals surface area contributed by atoms with E-state index in [0.717, 1.165) is 0 Å². The maximum Gasteiger partial charge on any atom is 0.425 e. The van der Waals surface area contributed by atoms with E-state index < -0.39 is 17.2 Å². The van der Waals surface area contributed by atoms with Crippen LogP contribution in [0, 0.1) is 0 Å². The van der Waals surface area contributed by atoms with Crippen molar-refractivity contribution in [2.45, 2.75) is 13.5 Å². The van der Waals surface area contributed by atoms with Gasteiger partial charge in [0.05, 0.1) is 6.61 Å². The van der Waals surface area contributed by atoms with E-state index in [1.807, 2.05) is 0 Å². The lowest BCUT2D eigenvalue weighted by atomic mass is 10.7. The van der Waals surface area contributed by atoms with Gasteiger partial charge in [-0.2, -0.15) is 8.78 Å². The fourth-order valence-corrected chi connectivity index (χ4v) is 0.654. The molecule has 0 N–H and O–H groups in total. The van der Waals surface area contributed by atoms with Gasteiger partial charge in [0.15, 0.2) is 0 Å². The lowest BCUT2D eigenvalue weighted by Gasteiger charge is -1.97. The van der Waals surface area contributed by atoms with E-state index in [0.29, 0.717) is 11.3 Å². The molecule has 9 heteroatoms. The van der Waals surface area contributed by atoms with Crippen LogP contribution in [0.3, 0.4) is 0 Å². The molecule has 1 heterocycles. The summed E-state index contributed by atoms with van der Waals surface area (Å²) >= 11 is 0. The van der Waals surface area contributed by atoms with E-state index in [4.69, 9.17) is 17.4 Å². The standard InChI is InChI=1S/C6H8F2N2O.O3S/c1-2-11-5-3-4-10(9-5)6(7)8;1-4(2)3/h3-4,6H,2H2,1H3;. The molecule has 6 nitrogen and oxygen atoms in total. The number of nitrogens with zero attached hydrogens (tertiary/aromatic N) is 2. The Morgan fingerprint density at radius 2 is 2.07 bits per heavy atom. The molecule has 0 unspecified atom stereocenters. The zero-order valence-electron chi connectivity index (χ0n) is 7.63. The maximum absolute atomic E-state index is 11.9. The Labute approximate surface area is 85.5 Å². The summed E-state index contributed by atoms with van der Waals surface area (Å²) in [6.45, 7) is -0.397. The monoisotopic (exact) mass is 242 g/mol. The molecule has 0 radical (unpaired) electrons. The number of rotatable bonds is 3. The topological polar surface area (TPSA) is 78.3 Å². The summed E-state index contributed by atoms with van der Waals surface area (Å²) in [4.78, 5) is 0. The average molecular weight is 242 g/mol. The summed E-state index contributed by atoms with van der Waals surface area (Å²) in [6.07, 6.45) is 1.18. The molecular formula is C6H8F2N2O4S. The lowest BCUT2D eigenvalue weighted by Crippen LogP contribution is -1.99. The first kappa shape index (κ1) is 13.5. The summed E-state index contributed by atoms with van der Waals surface area (Å²) in [5, 5.41) is 3.44. The van der Waals surface area contributed by atoms with Gasteiger partial charge in [0.1, 0.15) is 0 Å². The summed E-state index contributed by atoms with van der Waals surface area (Å²) in [6, 6.07) is 1.40. The highest BCUT2D eigenvalue weighted by Crippen LogP contribution is 2.12. The Hall–Kier alpha value is -1.51. The first-order valence-electron chi connectivity index (χ1n) is 3.70. The predicted molar refractivity (Wildman–Crippen MR) is 44.3 cm³/mol. The van der Waals surface area contributed by atoms with Gasteiger partial charge >= 0.3 is 17.2 Å². The van der Waals surface area contributed by atoms with E-state index in [1.165, 1.54) is 12.3 Å². The number of hydrogen-bond acceptors (Lipinski definition) is 5. The van der Waals surface area contributed by atoms with E-state index in [-0.39, 0.29) is 5.88 Å². The van der Waals surface area contributed by atoms with E-state index >= 15 is 0 Å². The summed E-state index contributed by atoms with van der Waals surface area (Å²) < 4.78 is 54.5. The number of ether oxygens (including phenoxy) is 1. The molecule has 0 amide bonds. The minimum atomic E-state index is -3.11. The summed E-state index contributed by atoms with van der Waals surface area (Å²) in [5.41, 5.74) is 0. The number of hydrogen-bond donors (Lipinski definition) is 0. The van der Waals surface area contributed by atoms with Crippen molar-refractivity contribution >= 4 is 10.6 Å². The van der Waals surface area contributed by atoms with Crippen molar-refractivity contribution in [1.29, 1.82) is 0 Å². The fourth-order valence-electron chi connectivity index (χ4n) is 0.654. The Morgan fingerprint density at radius 3 is 2.40 bits per heavy atom. The van der Waals surface area contributed by atoms with Crippen LogP contribution in [0.2, 0.25) is 0 Å². The van der Waals surface area contributed by atoms with E-state index in [9.17, 15) is 8.78 Å². The molecule has 0 aliphatic rings. The number of halogens is 2. The summed E-state index contributed by atoms with van der Waals surface area (Å²) in [5.74, 6) is 0.229. The average Bonchev–Trinajstić information content (AvgIpc) is 2.52. The molecule has 0 aromatic carbocycles. The minimum absolute atomic E-state index is 0.229. The Morgan fingerprint density at radius 1 is 1.53 bits per heavy atom. The van der Waals surface area contributed by atoms with Gasteiger partial charge in [0.25, 0.3) is 0 Å². The molecule has 0 saturated carbocycles. The fraction of sp³-hybridized carbons (Fsp3) is 0.500. The van der Waals surface area contributed by atoms with Crippen molar-refractivity contribution in [2.24, 2.45) is 0 Å². The molecule has 0 fully saturated rings. The second-order valence-corrected chi connectivity index (χ2v) is 2.46. The minimum Gasteiger partial charge on any atom is -0.477 e. The summed E-state index contributed by atoms with van der Waals surface area (Å²) in [7, 11) is -3.11. The van der Waals surface area contributed by atoms with Gasteiger partial charge in [-0.25, -0.2) is 4.68 Å². The van der Waals surface area contributed by atoms with Crippen LogP contribution in [0.5, 0.6) is 5.88 Å². The van der Waals surface area contributed by atoms with Crippen molar-refractivity contribution in [2.75, 3.05) is 6.61 Å². The molecule has 86 valence electrons. The third kappa shape index (κ3) is 6.55. The second-order valence-electron chi connectivity index (χ2n) is 2.05. The van der Waals surface area contributed by atoms with Crippen molar-refractivity contribution in [3.63, 3.8) is 0 Å². The van der Waals surface area contributed by atoms with Gasteiger partial charge in [0.2, 0.25) is 5.88 Å². The Kier molecular flexibility index (Phi) is 6.18. The molecule has 0 aliphatic carbocycles. The molecule has 1 aromatic rings. The van der Waals surface area contributed by atoms with Gasteiger partial charge in [-0.3, -0.25) is 0 Å². The largest absolute Gasteiger partial charge is 0.477 e. The van der Waals surface area contributed by atoms with Crippen molar-refractivity contribution in [3.05, 3.63) is 12.3 Å². The first-order valence-corrected chi connectivity index (χ1v) is 4.70. The van der Waals surface area contributed by atoms with Gasteiger partial charge in [-0.1, -0.05) is 0 Å². The highest BCUT2D eigenvalue weighted by molar-refractivity contribution is 7.59. The van der Waals surface area contributed by atoms with E-state index in [1.54, 1.807) is 6.92 Å². The maximum atomic E-state index is 11.9. The number of aromatic nitrogens is 2. The molecule has 0 aliphatic heterocycles. The van der Waals surface area contributed by atoms with Crippen LogP contribution in [0.4, 0.5) is 8.78 Å². The van der Waals surface area contributed by atoms with Gasteiger partial charge in [0, 0.05) is 12.3 Å². The zero-order chi connectivity index (χ0) is 11.8. The molecule has 1 aromatic heterocycles. The molecule has 0 atom stereocenters. The van der Waals surface area contributed by atoms with Gasteiger partial charge in [-0.15, -0.1) is 17.7 Å². The van der Waals surface area contributed by atoms with Crippen LogP contribution in [-0.4, -0.2) is 29.0 Å². The van der Waals surface area contributed by atoms with Gasteiger partial charge < -0.3 is 4.74 Å². The Balaban J connectivity index is 0.000000423. The SMILES string of the molecule is CCOc1ccn(C(F)F)n1.O=S(=O)=O. The predicted octanol–water partition coefficient (Wildman–Crippen LogP) is 0.673. The number of alkyl halides is 2. The lowest BCUT2D eigenvalue weighted by molar-refractivity contribution is 0.0551. The van der Waals surface area contributed by atoms with Crippen molar-refractivity contribution < 1.29 is 26.1 Å². The second kappa shape index (κ2) is 6.87. The normalized spacial score (nSPS) is 9.33. The van der Waals surface area contributed by atoms with Crippen LogP contribution in [0.1, 0.15) is 13.5 Å². The third-order valence-electron chi connectivity index (χ3n) is 1.08. The first-order chi connectivity index (χ1) is 6.97. The quantitative estimate of drug-likeness (QED) is 0.778.